The van der Waals surface area contributed by atoms with Crippen molar-refractivity contribution in [3.05, 3.63) is 0 Å². The van der Waals surface area contributed by atoms with Crippen LogP contribution < -0.4 is 0 Å². The van der Waals surface area contributed by atoms with E-state index in [0.717, 1.165) is 0 Å². The van der Waals surface area contributed by atoms with Crippen molar-refractivity contribution in [3.8, 4) is 0 Å². The van der Waals surface area contributed by atoms with Gasteiger partial charge in [0.1, 0.15) is 0 Å². The van der Waals surface area contributed by atoms with E-state index in [9.17, 15) is 0 Å². The summed E-state index contributed by atoms with van der Waals surface area (Å²) in [5.74, 6) is 0. The van der Waals surface area contributed by atoms with Gasteiger partial charge in [-0.25, -0.2) is 0 Å². The Morgan fingerprint density at radius 2 is 1.23 bits per heavy atom. The summed E-state index contributed by atoms with van der Waals surface area (Å²) in [5.41, 5.74) is 0. The number of rotatable bonds is 2. The van der Waals surface area contributed by atoms with Crippen molar-refractivity contribution in [1.29, 1.82) is 0 Å². The van der Waals surface area contributed by atoms with Gasteiger partial charge in [-0.3, -0.25) is 0 Å². The molecule has 0 fully saturated rings. The van der Waals surface area contributed by atoms with E-state index in [-0.39, 0.29) is 27.3 Å². The van der Waals surface area contributed by atoms with Gasteiger partial charge in [0.05, 0.1) is 13.2 Å². The smallest absolute Gasteiger partial charge is 0.216 e. The zero-order valence-corrected chi connectivity index (χ0v) is 14.8. The molecule has 76 valence electrons. The third-order valence-electron chi connectivity index (χ3n) is 0.536. The predicted octanol–water partition coefficient (Wildman–Crippen LogP) is 2.09. The van der Waals surface area contributed by atoms with Crippen LogP contribution in [-0.2, 0) is 9.47 Å². The Kier molecular flexibility index (Phi) is 24.3. The van der Waals surface area contributed by atoms with Crippen molar-refractivity contribution < 1.29 is 9.47 Å². The maximum Gasteiger partial charge on any atom is 0.216 e. The van der Waals surface area contributed by atoms with Gasteiger partial charge in [-0.15, -0.1) is 0 Å². The van der Waals surface area contributed by atoms with Crippen LogP contribution in [0.3, 0.4) is 0 Å². The van der Waals surface area contributed by atoms with Crippen LogP contribution in [0.4, 0.5) is 0 Å². The van der Waals surface area contributed by atoms with Gasteiger partial charge in [-0.2, -0.15) is 0 Å². The minimum absolute atomic E-state index is 0. The number of hydrogen-bond acceptors (Lipinski definition) is 4. The summed E-state index contributed by atoms with van der Waals surface area (Å²) >= 11 is 16.2. The molecule has 0 atom stereocenters. The van der Waals surface area contributed by atoms with E-state index in [1.807, 2.05) is 13.8 Å². The third-order valence-corrected chi connectivity index (χ3v) is 1.03. The van der Waals surface area contributed by atoms with E-state index in [1.54, 1.807) is 0 Å². The Hall–Kier alpha value is 1.40. The molecule has 2 nitrogen and oxygen atoms in total. The van der Waals surface area contributed by atoms with Gasteiger partial charge in [0.15, 0.2) is 0 Å². The zero-order valence-electron chi connectivity index (χ0n) is 7.44. The van der Waals surface area contributed by atoms with Gasteiger partial charge < -0.3 is 9.47 Å². The summed E-state index contributed by atoms with van der Waals surface area (Å²) in [7, 11) is 0. The third kappa shape index (κ3) is 31.8. The molecule has 0 aliphatic heterocycles. The second kappa shape index (κ2) is 15.9. The number of thiol groups is 2. The second-order valence-corrected chi connectivity index (χ2v) is 3.56. The molecule has 0 unspecified atom stereocenters. The SMILES string of the molecule is CCOC(=S)S.CCOC(=S)S.[Pb]. The van der Waals surface area contributed by atoms with Crippen molar-refractivity contribution in [2.75, 3.05) is 13.2 Å². The molecular formula is C6H12O2PbS4. The average Bonchev–Trinajstić information content (AvgIpc) is 1.87. The van der Waals surface area contributed by atoms with Crippen molar-refractivity contribution in [1.82, 2.24) is 0 Å². The summed E-state index contributed by atoms with van der Waals surface area (Å²) in [6.07, 6.45) is 0. The van der Waals surface area contributed by atoms with Crippen molar-refractivity contribution in [3.63, 3.8) is 0 Å². The van der Waals surface area contributed by atoms with Gasteiger partial charge >= 0.3 is 0 Å². The van der Waals surface area contributed by atoms with Crippen molar-refractivity contribution in [2.24, 2.45) is 0 Å². The molecule has 0 aromatic rings. The van der Waals surface area contributed by atoms with E-state index < -0.39 is 0 Å². The number of ether oxygens (including phenoxy) is 2. The largest absolute Gasteiger partial charge is 0.479 e. The first-order valence-electron chi connectivity index (χ1n) is 3.26. The molecule has 7 heteroatoms. The molecule has 0 aromatic carbocycles. The summed E-state index contributed by atoms with van der Waals surface area (Å²) in [6.45, 7) is 4.95. The van der Waals surface area contributed by atoms with Crippen LogP contribution in [0.2, 0.25) is 0 Å². The van der Waals surface area contributed by atoms with E-state index in [1.165, 1.54) is 0 Å². The van der Waals surface area contributed by atoms with E-state index >= 15 is 0 Å². The summed E-state index contributed by atoms with van der Waals surface area (Å²) in [6, 6.07) is 0. The van der Waals surface area contributed by atoms with Gasteiger partial charge in [0.2, 0.25) is 8.77 Å². The van der Waals surface area contributed by atoms with Gasteiger partial charge in [0, 0.05) is 27.3 Å². The van der Waals surface area contributed by atoms with Crippen molar-refractivity contribution in [2.45, 2.75) is 13.8 Å². The average molecular weight is 452 g/mol. The van der Waals surface area contributed by atoms with Gasteiger partial charge in [0.25, 0.3) is 0 Å². The molecule has 0 aromatic heterocycles. The summed E-state index contributed by atoms with van der Waals surface area (Å²) in [5, 5.41) is 0. The molecule has 0 aliphatic rings. The molecule has 0 rings (SSSR count). The molecule has 0 saturated heterocycles. The Morgan fingerprint density at radius 1 is 1.00 bits per heavy atom. The molecule has 0 bridgehead atoms. The first kappa shape index (κ1) is 19.9. The van der Waals surface area contributed by atoms with Gasteiger partial charge in [-0.05, 0) is 38.3 Å². The van der Waals surface area contributed by atoms with Crippen LogP contribution in [0, 0.1) is 0 Å². The van der Waals surface area contributed by atoms with E-state index in [4.69, 9.17) is 0 Å². The molecular weight excluding hydrogens is 440 g/mol. The monoisotopic (exact) mass is 452 g/mol. The molecule has 0 saturated carbocycles. The van der Waals surface area contributed by atoms with Crippen molar-refractivity contribution >= 4 is 85.8 Å². The second-order valence-electron chi connectivity index (χ2n) is 1.40. The van der Waals surface area contributed by atoms with Crippen LogP contribution in [0.1, 0.15) is 13.8 Å². The number of hydrogen-bond donors (Lipinski definition) is 2. The maximum atomic E-state index is 4.64. The fraction of sp³-hybridized carbons (Fsp3) is 0.667. The van der Waals surface area contributed by atoms with Crippen LogP contribution in [0.25, 0.3) is 0 Å². The molecule has 0 amide bonds. The fourth-order valence-electron chi connectivity index (χ4n) is 0.247. The summed E-state index contributed by atoms with van der Waals surface area (Å²) < 4.78 is 9.91. The molecule has 0 aliphatic carbocycles. The quantitative estimate of drug-likeness (QED) is 0.380. The van der Waals surface area contributed by atoms with Crippen LogP contribution >= 0.6 is 49.7 Å². The standard InChI is InChI=1S/2C3H6OS2.Pb/c2*1-2-4-3(5)6;/h2*2H2,1H3,(H,5,6);. The number of thiocarbonyl (C=S) groups is 2. The first-order chi connectivity index (χ1) is 5.54. The van der Waals surface area contributed by atoms with Crippen LogP contribution in [0.5, 0.6) is 0 Å². The molecule has 13 heavy (non-hydrogen) atoms. The van der Waals surface area contributed by atoms with Crippen LogP contribution in [0.15, 0.2) is 0 Å². The Bertz CT molecular complexity index is 127. The normalized spacial score (nSPS) is 7.08. The van der Waals surface area contributed by atoms with E-state index in [0.29, 0.717) is 22.0 Å². The Morgan fingerprint density at radius 3 is 1.23 bits per heavy atom. The maximum absolute atomic E-state index is 4.64. The Labute approximate surface area is 121 Å². The van der Waals surface area contributed by atoms with Crippen LogP contribution in [-0.4, -0.2) is 49.3 Å². The summed E-state index contributed by atoms with van der Waals surface area (Å²) in [4.78, 5) is 0. The molecule has 0 N–H and O–H groups in total. The zero-order chi connectivity index (χ0) is 9.98. The molecule has 0 spiro atoms. The van der Waals surface area contributed by atoms with Gasteiger partial charge in [-0.1, -0.05) is 25.3 Å². The minimum atomic E-state index is 0. The predicted molar refractivity (Wildman–Crippen MR) is 72.2 cm³/mol. The molecule has 0 heterocycles. The fourth-order valence-corrected chi connectivity index (χ4v) is 0.741. The first-order valence-corrected chi connectivity index (χ1v) is 4.97. The molecule has 4 radical (unpaired) electrons. The topological polar surface area (TPSA) is 18.5 Å². The Balaban J connectivity index is -0.000000143. The minimum Gasteiger partial charge on any atom is -0.479 e. The van der Waals surface area contributed by atoms with E-state index in [2.05, 4.69) is 59.2 Å².